The summed E-state index contributed by atoms with van der Waals surface area (Å²) in [4.78, 5) is 24.5. The van der Waals surface area contributed by atoms with Gasteiger partial charge in [-0.2, -0.15) is 0 Å². The van der Waals surface area contributed by atoms with Crippen LogP contribution < -0.4 is 0 Å². The first-order valence-corrected chi connectivity index (χ1v) is 21.9. The Morgan fingerprint density at radius 1 is 0.649 bits per heavy atom. The lowest BCUT2D eigenvalue weighted by atomic mass is 10.1. The molecule has 7 rings (SSSR count). The summed E-state index contributed by atoms with van der Waals surface area (Å²) >= 11 is 0. The maximum absolute atomic E-state index is 14.0. The summed E-state index contributed by atoms with van der Waals surface area (Å²) in [7, 11) is -7.94. The van der Waals surface area contributed by atoms with Crippen LogP contribution in [0.5, 0.6) is 0 Å². The van der Waals surface area contributed by atoms with Gasteiger partial charge in [0, 0.05) is 23.6 Å². The van der Waals surface area contributed by atoms with Gasteiger partial charge in [0.25, 0.3) is 20.0 Å². The van der Waals surface area contributed by atoms with Crippen LogP contribution in [-0.4, -0.2) is 57.9 Å². The van der Waals surface area contributed by atoms with Crippen molar-refractivity contribution in [3.63, 3.8) is 0 Å². The van der Waals surface area contributed by atoms with Gasteiger partial charge in [-0.05, 0) is 121 Å². The summed E-state index contributed by atoms with van der Waals surface area (Å²) in [6, 6.07) is 19.9. The predicted molar refractivity (Wildman–Crippen MR) is 217 cm³/mol. The molecule has 57 heavy (non-hydrogen) atoms. The molecule has 2 aliphatic rings. The quantitative estimate of drug-likeness (QED) is 0.160. The Bertz CT molecular complexity index is 2640. The van der Waals surface area contributed by atoms with Crippen molar-refractivity contribution in [2.45, 2.75) is 100 Å². The third kappa shape index (κ3) is 8.70. The number of aryl methyl sites for hydroxylation is 2. The van der Waals surface area contributed by atoms with E-state index in [1.54, 1.807) is 93.6 Å². The SMILES string of the molecule is Cc1ccc(S(=O)(=O)n2cc(C#Cc3ccc(C#Cc4cn(S(=O)(=O)c5ccc(C)cc5)c([C@@H]5CCCN5C(=O)OC(C)(C)C)n4)cc3)nc2C2CCCC2)cc1. The molecule has 0 N–H and O–H groups in total. The van der Waals surface area contributed by atoms with Crippen molar-refractivity contribution in [1.29, 1.82) is 0 Å². The zero-order valence-corrected chi connectivity index (χ0v) is 34.3. The number of nitrogens with zero attached hydrogens (tertiary/aromatic N) is 5. The van der Waals surface area contributed by atoms with Gasteiger partial charge in [0.05, 0.1) is 28.2 Å². The molecule has 1 aliphatic heterocycles. The van der Waals surface area contributed by atoms with E-state index in [1.807, 2.05) is 13.8 Å². The molecule has 0 radical (unpaired) electrons. The molecule has 3 heterocycles. The Balaban J connectivity index is 1.16. The highest BCUT2D eigenvalue weighted by atomic mass is 32.2. The summed E-state index contributed by atoms with van der Waals surface area (Å²) in [5, 5.41) is 0. The van der Waals surface area contributed by atoms with E-state index in [9.17, 15) is 21.6 Å². The zero-order chi connectivity index (χ0) is 40.5. The smallest absolute Gasteiger partial charge is 0.410 e. The molecule has 1 amide bonds. The lowest BCUT2D eigenvalue weighted by molar-refractivity contribution is 0.0217. The maximum atomic E-state index is 14.0. The van der Waals surface area contributed by atoms with E-state index in [0.717, 1.165) is 40.8 Å². The van der Waals surface area contributed by atoms with Crippen molar-refractivity contribution in [1.82, 2.24) is 22.8 Å². The number of hydrogen-bond donors (Lipinski definition) is 0. The Morgan fingerprint density at radius 2 is 1.11 bits per heavy atom. The van der Waals surface area contributed by atoms with Gasteiger partial charge in [0.15, 0.2) is 0 Å². The van der Waals surface area contributed by atoms with Crippen molar-refractivity contribution in [2.75, 3.05) is 6.54 Å². The highest BCUT2D eigenvalue weighted by molar-refractivity contribution is 7.90. The van der Waals surface area contributed by atoms with E-state index >= 15 is 0 Å². The monoisotopic (exact) mass is 803 g/mol. The Kier molecular flexibility index (Phi) is 10.9. The molecule has 11 nitrogen and oxygen atoms in total. The maximum Gasteiger partial charge on any atom is 0.410 e. The average Bonchev–Trinajstić information content (AvgIpc) is 4.00. The molecule has 0 bridgehead atoms. The average molecular weight is 804 g/mol. The van der Waals surface area contributed by atoms with Crippen LogP contribution in [0.15, 0.2) is 95.0 Å². The summed E-state index contributed by atoms with van der Waals surface area (Å²) in [6.45, 7) is 9.56. The van der Waals surface area contributed by atoms with Crippen LogP contribution in [0.4, 0.5) is 4.79 Å². The van der Waals surface area contributed by atoms with Gasteiger partial charge in [0.2, 0.25) is 0 Å². The first-order chi connectivity index (χ1) is 27.1. The molecule has 294 valence electrons. The minimum absolute atomic E-state index is 0.0471. The van der Waals surface area contributed by atoms with Gasteiger partial charge in [-0.15, -0.1) is 0 Å². The number of amides is 1. The number of hydrogen-bond acceptors (Lipinski definition) is 8. The van der Waals surface area contributed by atoms with Crippen LogP contribution >= 0.6 is 0 Å². The Hall–Kier alpha value is -5.63. The lowest BCUT2D eigenvalue weighted by Gasteiger charge is -2.28. The fourth-order valence-electron chi connectivity index (χ4n) is 7.07. The number of ether oxygens (including phenoxy) is 1. The van der Waals surface area contributed by atoms with Crippen LogP contribution in [0, 0.1) is 37.5 Å². The highest BCUT2D eigenvalue weighted by Gasteiger charge is 2.38. The van der Waals surface area contributed by atoms with Crippen LogP contribution in [0.1, 0.15) is 117 Å². The summed E-state index contributed by atoms with van der Waals surface area (Å²) < 4.78 is 63.6. The minimum atomic E-state index is -4.08. The number of carbonyl (C=O) groups excluding carboxylic acids is 1. The molecule has 5 aromatic rings. The van der Waals surface area contributed by atoms with Gasteiger partial charge in [-0.1, -0.05) is 60.1 Å². The molecule has 1 atom stereocenters. The van der Waals surface area contributed by atoms with E-state index in [0.29, 0.717) is 42.0 Å². The lowest BCUT2D eigenvalue weighted by Crippen LogP contribution is -2.37. The van der Waals surface area contributed by atoms with Gasteiger partial charge >= 0.3 is 6.09 Å². The molecule has 3 aromatic carbocycles. The van der Waals surface area contributed by atoms with E-state index in [4.69, 9.17) is 14.7 Å². The van der Waals surface area contributed by atoms with Crippen molar-refractivity contribution < 1.29 is 26.4 Å². The molecule has 2 fully saturated rings. The second-order valence-electron chi connectivity index (χ2n) is 15.6. The number of aromatic nitrogens is 4. The molecule has 0 spiro atoms. The number of carbonyl (C=O) groups is 1. The molecular formula is C44H45N5O6S2. The standard InChI is InChI=1S/C44H45N5O6S2/c1-31-12-24-38(25-13-31)56(51,52)48-29-36(45-41(48)35-9-6-7-10-35)22-20-33-16-18-34(19-17-33)21-23-37-30-49(57(53,54)39-26-14-32(2)15-27-39)42(46-37)40-11-8-28-47(40)43(50)55-44(3,4)5/h12-19,24-27,29-30,35,40H,6-11,28H2,1-5H3/t40-/m0/s1. The van der Waals surface area contributed by atoms with Crippen molar-refractivity contribution in [3.8, 4) is 23.7 Å². The molecule has 1 saturated heterocycles. The molecule has 0 unspecified atom stereocenters. The van der Waals surface area contributed by atoms with Gasteiger partial charge in [-0.25, -0.2) is 39.5 Å². The molecule has 2 aromatic heterocycles. The van der Waals surface area contributed by atoms with E-state index < -0.39 is 37.8 Å². The topological polar surface area (TPSA) is 133 Å². The van der Waals surface area contributed by atoms with Crippen LogP contribution in [-0.2, 0) is 24.8 Å². The van der Waals surface area contributed by atoms with Gasteiger partial charge in [-0.3, -0.25) is 4.90 Å². The largest absolute Gasteiger partial charge is 0.444 e. The number of benzene rings is 3. The van der Waals surface area contributed by atoms with Crippen molar-refractivity contribution >= 4 is 26.1 Å². The third-order valence-corrected chi connectivity index (χ3v) is 13.4. The van der Waals surface area contributed by atoms with Crippen LogP contribution in [0.25, 0.3) is 0 Å². The number of imidazole rings is 2. The number of likely N-dealkylation sites (tertiary alicyclic amines) is 1. The van der Waals surface area contributed by atoms with Crippen molar-refractivity contribution in [3.05, 3.63) is 130 Å². The van der Waals surface area contributed by atoms with Crippen molar-refractivity contribution in [2.24, 2.45) is 0 Å². The Labute approximate surface area is 335 Å². The van der Waals surface area contributed by atoms with Crippen LogP contribution in [0.3, 0.4) is 0 Å². The minimum Gasteiger partial charge on any atom is -0.444 e. The van der Waals surface area contributed by atoms with E-state index in [2.05, 4.69) is 23.7 Å². The highest BCUT2D eigenvalue weighted by Crippen LogP contribution is 2.36. The van der Waals surface area contributed by atoms with E-state index in [-0.39, 0.29) is 27.2 Å². The Morgan fingerprint density at radius 3 is 1.58 bits per heavy atom. The van der Waals surface area contributed by atoms with Crippen LogP contribution in [0.2, 0.25) is 0 Å². The first-order valence-electron chi connectivity index (χ1n) is 19.1. The van der Waals surface area contributed by atoms with Gasteiger partial charge in [0.1, 0.15) is 28.6 Å². The third-order valence-electron chi connectivity index (χ3n) is 10.0. The second-order valence-corrected chi connectivity index (χ2v) is 19.2. The fourth-order valence-corrected chi connectivity index (χ4v) is 9.81. The fraction of sp³-hybridized carbons (Fsp3) is 0.341. The second kappa shape index (κ2) is 15.7. The molecule has 1 aliphatic carbocycles. The van der Waals surface area contributed by atoms with E-state index in [1.165, 1.54) is 21.3 Å². The normalized spacial score (nSPS) is 16.2. The predicted octanol–water partition coefficient (Wildman–Crippen LogP) is 7.70. The molecule has 1 saturated carbocycles. The summed E-state index contributed by atoms with van der Waals surface area (Å²) in [5.41, 5.74) is 3.10. The first kappa shape index (κ1) is 39.6. The van der Waals surface area contributed by atoms with Gasteiger partial charge < -0.3 is 4.74 Å². The zero-order valence-electron chi connectivity index (χ0n) is 32.7. The molecular weight excluding hydrogens is 759 g/mol. The summed E-state index contributed by atoms with van der Waals surface area (Å²) in [5.74, 6) is 13.0. The number of rotatable bonds is 6. The summed E-state index contributed by atoms with van der Waals surface area (Å²) in [6.07, 6.45) is 7.38. The molecule has 13 heteroatoms.